The van der Waals surface area contributed by atoms with Gasteiger partial charge in [-0.05, 0) is 40.5 Å². The first kappa shape index (κ1) is 11.9. The number of nitrogens with zero attached hydrogens (tertiary/aromatic N) is 1. The number of hydrazine groups is 1. The van der Waals surface area contributed by atoms with Crippen molar-refractivity contribution in [3.05, 3.63) is 23.4 Å². The van der Waals surface area contributed by atoms with Gasteiger partial charge >= 0.3 is 7.12 Å². The zero-order valence-electron chi connectivity index (χ0n) is 12.1. The number of hydrogen-bond donors (Lipinski definition) is 1. The lowest BCUT2D eigenvalue weighted by atomic mass is 9.77. The molecule has 0 aromatic rings. The molecular weight excluding hydrogens is 239 g/mol. The van der Waals surface area contributed by atoms with E-state index in [4.69, 9.17) is 9.31 Å². The topological polar surface area (TPSA) is 33.7 Å². The number of nitrogens with one attached hydrogen (secondary N) is 1. The molecule has 4 rings (SSSR count). The molecule has 0 aromatic carbocycles. The van der Waals surface area contributed by atoms with E-state index in [0.717, 1.165) is 12.0 Å². The van der Waals surface area contributed by atoms with Gasteiger partial charge in [-0.15, -0.1) is 0 Å². The van der Waals surface area contributed by atoms with E-state index in [0.29, 0.717) is 5.41 Å². The van der Waals surface area contributed by atoms with E-state index in [1.165, 1.54) is 18.5 Å². The van der Waals surface area contributed by atoms with E-state index in [1.807, 2.05) is 6.20 Å². The van der Waals surface area contributed by atoms with Crippen LogP contribution in [0.3, 0.4) is 0 Å². The smallest absolute Gasteiger partial charge is 0.399 e. The Kier molecular flexibility index (Phi) is 2.00. The van der Waals surface area contributed by atoms with E-state index >= 15 is 0 Å². The minimum atomic E-state index is -0.275. The van der Waals surface area contributed by atoms with Crippen molar-refractivity contribution in [3.8, 4) is 0 Å². The van der Waals surface area contributed by atoms with Gasteiger partial charge < -0.3 is 14.7 Å². The lowest BCUT2D eigenvalue weighted by Crippen LogP contribution is -2.41. The van der Waals surface area contributed by atoms with Crippen molar-refractivity contribution in [1.29, 1.82) is 0 Å². The molecule has 0 amide bonds. The predicted molar refractivity (Wildman–Crippen MR) is 73.8 cm³/mol. The van der Waals surface area contributed by atoms with Gasteiger partial charge in [0.25, 0.3) is 0 Å². The maximum absolute atomic E-state index is 6.15. The highest BCUT2D eigenvalue weighted by Crippen LogP contribution is 2.54. The van der Waals surface area contributed by atoms with E-state index in [2.05, 4.69) is 44.2 Å². The molecule has 0 unspecified atom stereocenters. The summed E-state index contributed by atoms with van der Waals surface area (Å²) in [4.78, 5) is 0. The maximum atomic E-state index is 6.15. The summed E-state index contributed by atoms with van der Waals surface area (Å²) < 4.78 is 12.3. The standard InChI is InChI=1S/C14H21BN2O2/c1-12(2)13(3,4)19-15(18-12)10-8-16-17-9-14(5-6-14)7-11(10)17/h7-8,16H,5-6,9H2,1-4H3. The summed E-state index contributed by atoms with van der Waals surface area (Å²) in [6.45, 7) is 9.47. The lowest BCUT2D eigenvalue weighted by molar-refractivity contribution is 0.00578. The van der Waals surface area contributed by atoms with Crippen LogP contribution in [0.4, 0.5) is 0 Å². The largest absolute Gasteiger partial charge is 0.498 e. The molecule has 3 aliphatic heterocycles. The average Bonchev–Trinajstić information content (AvgIpc) is 2.65. The van der Waals surface area contributed by atoms with Crippen LogP contribution in [0.1, 0.15) is 40.5 Å². The van der Waals surface area contributed by atoms with Crippen LogP contribution in [-0.4, -0.2) is 29.9 Å². The molecule has 4 aliphatic rings. The number of rotatable bonds is 1. The Bertz CT molecular complexity index is 490. The van der Waals surface area contributed by atoms with Crippen molar-refractivity contribution in [2.75, 3.05) is 6.54 Å². The molecule has 5 heteroatoms. The maximum Gasteiger partial charge on any atom is 0.498 e. The molecule has 1 aliphatic carbocycles. The molecule has 3 heterocycles. The van der Waals surface area contributed by atoms with Gasteiger partial charge in [-0.1, -0.05) is 6.08 Å². The summed E-state index contributed by atoms with van der Waals surface area (Å²) in [5, 5.41) is 2.23. The summed E-state index contributed by atoms with van der Waals surface area (Å²) >= 11 is 0. The molecule has 1 spiro atoms. The lowest BCUT2D eigenvalue weighted by Gasteiger charge is -2.32. The Hall–Kier alpha value is -0.935. The second kappa shape index (κ2) is 3.21. The zero-order valence-corrected chi connectivity index (χ0v) is 12.1. The van der Waals surface area contributed by atoms with Gasteiger partial charge in [0, 0.05) is 23.6 Å². The molecule has 0 atom stereocenters. The highest BCUT2D eigenvalue weighted by molar-refractivity contribution is 6.56. The summed E-state index contributed by atoms with van der Waals surface area (Å²) in [5.74, 6) is 0. The van der Waals surface area contributed by atoms with Gasteiger partial charge in [-0.2, -0.15) is 0 Å². The summed E-state index contributed by atoms with van der Waals surface area (Å²) in [7, 11) is -0.261. The quantitative estimate of drug-likeness (QED) is 0.731. The van der Waals surface area contributed by atoms with Gasteiger partial charge in [0.05, 0.1) is 16.9 Å². The fourth-order valence-electron chi connectivity index (χ4n) is 3.01. The van der Waals surface area contributed by atoms with Crippen molar-refractivity contribution in [3.63, 3.8) is 0 Å². The minimum absolute atomic E-state index is 0.261. The van der Waals surface area contributed by atoms with Gasteiger partial charge in [-0.25, -0.2) is 0 Å². The van der Waals surface area contributed by atoms with E-state index in [1.54, 1.807) is 0 Å². The molecule has 0 bridgehead atoms. The van der Waals surface area contributed by atoms with Crippen molar-refractivity contribution < 1.29 is 9.31 Å². The third kappa shape index (κ3) is 1.55. The monoisotopic (exact) mass is 260 g/mol. The zero-order chi connectivity index (χ0) is 13.5. The predicted octanol–water partition coefficient (Wildman–Crippen LogP) is 2.00. The van der Waals surface area contributed by atoms with Crippen LogP contribution < -0.4 is 5.43 Å². The second-order valence-corrected chi connectivity index (χ2v) is 7.30. The fraction of sp³-hybridized carbons (Fsp3) is 0.714. The first-order valence-corrected chi connectivity index (χ1v) is 7.15. The summed E-state index contributed by atoms with van der Waals surface area (Å²) in [6.07, 6.45) is 7.06. The molecule has 0 aromatic heterocycles. The molecule has 19 heavy (non-hydrogen) atoms. The summed E-state index contributed by atoms with van der Waals surface area (Å²) in [5.41, 5.74) is 5.63. The van der Waals surface area contributed by atoms with E-state index in [-0.39, 0.29) is 18.3 Å². The third-order valence-electron chi connectivity index (χ3n) is 5.28. The molecule has 102 valence electrons. The van der Waals surface area contributed by atoms with Gasteiger partial charge in [0.1, 0.15) is 0 Å². The van der Waals surface area contributed by atoms with Gasteiger partial charge in [0.15, 0.2) is 0 Å². The van der Waals surface area contributed by atoms with Crippen molar-refractivity contribution in [2.24, 2.45) is 5.41 Å². The molecule has 1 saturated heterocycles. The van der Waals surface area contributed by atoms with Crippen LogP contribution >= 0.6 is 0 Å². The van der Waals surface area contributed by atoms with Crippen molar-refractivity contribution in [2.45, 2.75) is 51.7 Å². The fourth-order valence-corrected chi connectivity index (χ4v) is 3.01. The average molecular weight is 260 g/mol. The second-order valence-electron chi connectivity index (χ2n) is 7.30. The van der Waals surface area contributed by atoms with Crippen LogP contribution in [0, 0.1) is 5.41 Å². The van der Waals surface area contributed by atoms with Crippen LogP contribution in [0.2, 0.25) is 0 Å². The SMILES string of the molecule is CC1(C)OB(C2=CNN3CC4(C=C23)CC4)OC1(C)C. The Morgan fingerprint density at radius 1 is 1.16 bits per heavy atom. The van der Waals surface area contributed by atoms with Crippen LogP contribution in [0.5, 0.6) is 0 Å². The molecule has 2 fully saturated rings. The number of hydrogen-bond acceptors (Lipinski definition) is 4. The summed E-state index contributed by atoms with van der Waals surface area (Å²) in [6, 6.07) is 0. The number of allylic oxidation sites excluding steroid dienone is 1. The first-order valence-electron chi connectivity index (χ1n) is 7.15. The molecule has 0 radical (unpaired) electrons. The normalized spacial score (nSPS) is 32.2. The Labute approximate surface area is 114 Å². The van der Waals surface area contributed by atoms with E-state index in [9.17, 15) is 0 Å². The van der Waals surface area contributed by atoms with Crippen molar-refractivity contribution >= 4 is 7.12 Å². The number of fused-ring (bicyclic) bond motifs is 1. The van der Waals surface area contributed by atoms with Crippen LogP contribution in [0.25, 0.3) is 0 Å². The van der Waals surface area contributed by atoms with E-state index < -0.39 is 0 Å². The van der Waals surface area contributed by atoms with Gasteiger partial charge in [0.2, 0.25) is 0 Å². The minimum Gasteiger partial charge on any atom is -0.399 e. The molecule has 1 N–H and O–H groups in total. The Morgan fingerprint density at radius 3 is 2.37 bits per heavy atom. The highest BCUT2D eigenvalue weighted by atomic mass is 16.7. The Balaban J connectivity index is 1.62. The molecular formula is C14H21BN2O2. The molecule has 4 nitrogen and oxygen atoms in total. The van der Waals surface area contributed by atoms with Crippen LogP contribution in [-0.2, 0) is 9.31 Å². The Morgan fingerprint density at radius 2 is 1.79 bits per heavy atom. The van der Waals surface area contributed by atoms with Crippen LogP contribution in [0.15, 0.2) is 23.4 Å². The molecule has 1 saturated carbocycles. The van der Waals surface area contributed by atoms with Gasteiger partial charge in [-0.3, -0.25) is 5.01 Å². The first-order chi connectivity index (χ1) is 8.82. The third-order valence-corrected chi connectivity index (χ3v) is 5.28. The highest BCUT2D eigenvalue weighted by Gasteiger charge is 2.56. The van der Waals surface area contributed by atoms with Crippen molar-refractivity contribution in [1.82, 2.24) is 10.4 Å².